The van der Waals surface area contributed by atoms with Crippen molar-refractivity contribution >= 4 is 32.6 Å². The van der Waals surface area contributed by atoms with E-state index in [9.17, 15) is 8.42 Å². The second-order valence-electron chi connectivity index (χ2n) is 5.84. The molecule has 21 heavy (non-hydrogen) atoms. The van der Waals surface area contributed by atoms with Gasteiger partial charge in [0, 0.05) is 22.4 Å². The smallest absolute Gasteiger partial charge is 0.210 e. The zero-order valence-corrected chi connectivity index (χ0v) is 14.2. The van der Waals surface area contributed by atoms with Crippen LogP contribution in [0.15, 0.2) is 47.4 Å². The minimum atomic E-state index is -3.47. The first-order chi connectivity index (χ1) is 9.80. The Kier molecular flexibility index (Phi) is 4.96. The van der Waals surface area contributed by atoms with Crippen LogP contribution < -0.4 is 4.72 Å². The van der Waals surface area contributed by atoms with Gasteiger partial charge >= 0.3 is 0 Å². The van der Waals surface area contributed by atoms with Gasteiger partial charge in [-0.25, -0.2) is 13.1 Å². The van der Waals surface area contributed by atoms with Gasteiger partial charge in [0.1, 0.15) is 0 Å². The first kappa shape index (κ1) is 16.3. The second kappa shape index (κ2) is 6.38. The fraction of sp³-hybridized carbons (Fsp3) is 0.375. The molecule has 0 radical (unpaired) electrons. The fourth-order valence-electron chi connectivity index (χ4n) is 2.04. The molecule has 5 heteroatoms. The predicted octanol–water partition coefficient (Wildman–Crippen LogP) is 3.65. The summed E-state index contributed by atoms with van der Waals surface area (Å²) in [5.74, 6) is 0.757. The lowest BCUT2D eigenvalue weighted by Gasteiger charge is -2.17. The first-order valence-corrected chi connectivity index (χ1v) is 9.38. The van der Waals surface area contributed by atoms with Crippen LogP contribution in [0.4, 0.5) is 0 Å². The standard InChI is InChI=1S/C16H21NO2S2/c1-16(2,3)20-12-11-17-21(18,19)15-10-6-8-13-7-4-5-9-14(13)15/h4-10,17H,11-12H2,1-3H3. The normalized spacial score (nSPS) is 12.7. The van der Waals surface area contributed by atoms with Gasteiger partial charge in [0.05, 0.1) is 4.90 Å². The van der Waals surface area contributed by atoms with Gasteiger partial charge < -0.3 is 0 Å². The summed E-state index contributed by atoms with van der Waals surface area (Å²) in [7, 11) is -3.47. The molecule has 0 aliphatic heterocycles. The molecule has 0 aliphatic carbocycles. The monoisotopic (exact) mass is 323 g/mol. The van der Waals surface area contributed by atoms with Crippen LogP contribution in [0.5, 0.6) is 0 Å². The number of nitrogens with one attached hydrogen (secondary N) is 1. The van der Waals surface area contributed by atoms with E-state index in [1.54, 1.807) is 23.9 Å². The third-order valence-electron chi connectivity index (χ3n) is 2.97. The van der Waals surface area contributed by atoms with E-state index in [0.717, 1.165) is 16.5 Å². The number of benzene rings is 2. The number of rotatable bonds is 5. The van der Waals surface area contributed by atoms with Crippen molar-refractivity contribution in [2.24, 2.45) is 0 Å². The van der Waals surface area contributed by atoms with Gasteiger partial charge in [-0.3, -0.25) is 0 Å². The highest BCUT2D eigenvalue weighted by Gasteiger charge is 2.17. The Morgan fingerprint density at radius 2 is 1.71 bits per heavy atom. The molecule has 0 aliphatic rings. The molecule has 1 N–H and O–H groups in total. The van der Waals surface area contributed by atoms with E-state index in [0.29, 0.717) is 11.4 Å². The van der Waals surface area contributed by atoms with Crippen LogP contribution >= 0.6 is 11.8 Å². The van der Waals surface area contributed by atoms with Crippen LogP contribution in [0, 0.1) is 0 Å². The summed E-state index contributed by atoms with van der Waals surface area (Å²) in [5.41, 5.74) is 0. The summed E-state index contributed by atoms with van der Waals surface area (Å²) in [6.45, 7) is 6.80. The topological polar surface area (TPSA) is 46.2 Å². The van der Waals surface area contributed by atoms with E-state index in [2.05, 4.69) is 25.5 Å². The van der Waals surface area contributed by atoms with Crippen molar-refractivity contribution in [2.75, 3.05) is 12.3 Å². The highest BCUT2D eigenvalue weighted by molar-refractivity contribution is 8.00. The molecule has 114 valence electrons. The average molecular weight is 323 g/mol. The number of hydrogen-bond donors (Lipinski definition) is 1. The van der Waals surface area contributed by atoms with Gasteiger partial charge in [-0.15, -0.1) is 0 Å². The van der Waals surface area contributed by atoms with Crippen LogP contribution in [0.1, 0.15) is 20.8 Å². The number of fused-ring (bicyclic) bond motifs is 1. The molecule has 0 atom stereocenters. The number of sulfonamides is 1. The van der Waals surface area contributed by atoms with Gasteiger partial charge in [-0.05, 0) is 11.5 Å². The van der Waals surface area contributed by atoms with Crippen LogP contribution in [0.2, 0.25) is 0 Å². The summed E-state index contributed by atoms with van der Waals surface area (Å²) < 4.78 is 27.7. The maximum atomic E-state index is 12.5. The lowest BCUT2D eigenvalue weighted by Crippen LogP contribution is -2.27. The largest absolute Gasteiger partial charge is 0.241 e. The van der Waals surface area contributed by atoms with Crippen molar-refractivity contribution < 1.29 is 8.42 Å². The van der Waals surface area contributed by atoms with Crippen molar-refractivity contribution in [3.8, 4) is 0 Å². The van der Waals surface area contributed by atoms with Crippen molar-refractivity contribution in [3.05, 3.63) is 42.5 Å². The van der Waals surface area contributed by atoms with Gasteiger partial charge in [-0.2, -0.15) is 11.8 Å². The number of thioether (sulfide) groups is 1. The third-order valence-corrected chi connectivity index (χ3v) is 5.76. The zero-order chi connectivity index (χ0) is 15.5. The Morgan fingerprint density at radius 1 is 1.05 bits per heavy atom. The molecule has 0 unspecified atom stereocenters. The molecule has 0 saturated heterocycles. The van der Waals surface area contributed by atoms with E-state index < -0.39 is 10.0 Å². The van der Waals surface area contributed by atoms with Gasteiger partial charge in [0.2, 0.25) is 10.0 Å². The molecule has 3 nitrogen and oxygen atoms in total. The molecular weight excluding hydrogens is 302 g/mol. The molecule has 0 spiro atoms. The van der Waals surface area contributed by atoms with Crippen LogP contribution in [-0.2, 0) is 10.0 Å². The van der Waals surface area contributed by atoms with Gasteiger partial charge in [-0.1, -0.05) is 57.2 Å². The maximum Gasteiger partial charge on any atom is 0.241 e. The molecule has 0 saturated carbocycles. The minimum Gasteiger partial charge on any atom is -0.210 e. The summed E-state index contributed by atoms with van der Waals surface area (Å²) in [6.07, 6.45) is 0. The van der Waals surface area contributed by atoms with E-state index in [1.807, 2.05) is 30.3 Å². The molecule has 0 amide bonds. The first-order valence-electron chi connectivity index (χ1n) is 6.91. The Labute approximate surface area is 131 Å². The van der Waals surface area contributed by atoms with Crippen molar-refractivity contribution in [1.82, 2.24) is 4.72 Å². The highest BCUT2D eigenvalue weighted by atomic mass is 32.2. The molecule has 2 aromatic rings. The van der Waals surface area contributed by atoms with Crippen molar-refractivity contribution in [2.45, 2.75) is 30.4 Å². The second-order valence-corrected chi connectivity index (χ2v) is 9.49. The Hall–Kier alpha value is -1.04. The van der Waals surface area contributed by atoms with E-state index in [4.69, 9.17) is 0 Å². The average Bonchev–Trinajstić information content (AvgIpc) is 2.42. The SMILES string of the molecule is CC(C)(C)SCCNS(=O)(=O)c1cccc2ccccc12. The molecular formula is C16H21NO2S2. The fourth-order valence-corrected chi connectivity index (χ4v) is 4.25. The van der Waals surface area contributed by atoms with Crippen LogP contribution in [0.3, 0.4) is 0 Å². The third kappa shape index (κ3) is 4.46. The van der Waals surface area contributed by atoms with Gasteiger partial charge in [0.25, 0.3) is 0 Å². The maximum absolute atomic E-state index is 12.5. The zero-order valence-electron chi connectivity index (χ0n) is 12.6. The molecule has 2 aromatic carbocycles. The Morgan fingerprint density at radius 3 is 2.43 bits per heavy atom. The highest BCUT2D eigenvalue weighted by Crippen LogP contribution is 2.24. The molecule has 0 heterocycles. The summed E-state index contributed by atoms with van der Waals surface area (Å²) in [5, 5.41) is 1.69. The summed E-state index contributed by atoms with van der Waals surface area (Å²) in [6, 6.07) is 12.9. The van der Waals surface area contributed by atoms with Gasteiger partial charge in [0.15, 0.2) is 0 Å². The lowest BCUT2D eigenvalue weighted by molar-refractivity contribution is 0.585. The molecule has 2 rings (SSSR count). The van der Waals surface area contributed by atoms with Crippen molar-refractivity contribution in [1.29, 1.82) is 0 Å². The minimum absolute atomic E-state index is 0.144. The molecule has 0 bridgehead atoms. The van der Waals surface area contributed by atoms with Crippen molar-refractivity contribution in [3.63, 3.8) is 0 Å². The number of hydrogen-bond acceptors (Lipinski definition) is 3. The summed E-state index contributed by atoms with van der Waals surface area (Å²) in [4.78, 5) is 0.348. The molecule has 0 fully saturated rings. The van der Waals surface area contributed by atoms with Crippen LogP contribution in [0.25, 0.3) is 10.8 Å². The Bertz CT molecular complexity index is 713. The Balaban J connectivity index is 2.15. The predicted molar refractivity (Wildman–Crippen MR) is 91.3 cm³/mol. The van der Waals surface area contributed by atoms with Crippen LogP contribution in [-0.4, -0.2) is 25.5 Å². The lowest BCUT2D eigenvalue weighted by atomic mass is 10.1. The molecule has 0 aromatic heterocycles. The van der Waals surface area contributed by atoms with E-state index in [-0.39, 0.29) is 4.75 Å². The quantitative estimate of drug-likeness (QED) is 0.854. The summed E-state index contributed by atoms with van der Waals surface area (Å²) >= 11 is 1.75. The van der Waals surface area contributed by atoms with E-state index in [1.165, 1.54) is 0 Å². The van der Waals surface area contributed by atoms with E-state index >= 15 is 0 Å².